The summed E-state index contributed by atoms with van der Waals surface area (Å²) in [6.45, 7) is 4.27. The molecule has 10 unspecified atom stereocenters. The zero-order chi connectivity index (χ0) is 20.8. The van der Waals surface area contributed by atoms with Gasteiger partial charge < -0.3 is 14.2 Å². The van der Waals surface area contributed by atoms with Crippen molar-refractivity contribution in [2.75, 3.05) is 0 Å². The van der Waals surface area contributed by atoms with Crippen LogP contribution in [0.5, 0.6) is 0 Å². The maximum Gasteiger partial charge on any atom is 0.310 e. The smallest absolute Gasteiger partial charge is 0.310 e. The molecule has 164 valence electrons. The molecule has 0 aromatic heterocycles. The summed E-state index contributed by atoms with van der Waals surface area (Å²) >= 11 is 0. The molecule has 0 amide bonds. The van der Waals surface area contributed by atoms with Crippen LogP contribution in [0.4, 0.5) is 0 Å². The van der Waals surface area contributed by atoms with E-state index in [2.05, 4.69) is 6.92 Å². The van der Waals surface area contributed by atoms with Crippen LogP contribution in [0.1, 0.15) is 65.2 Å². The van der Waals surface area contributed by atoms with Gasteiger partial charge >= 0.3 is 17.9 Å². The summed E-state index contributed by atoms with van der Waals surface area (Å²) in [5.41, 5.74) is -0.424. The van der Waals surface area contributed by atoms with Gasteiger partial charge in [0.15, 0.2) is 0 Å². The highest BCUT2D eigenvalue weighted by molar-refractivity contribution is 5.86. The third-order valence-corrected chi connectivity index (χ3v) is 9.59. The molecule has 30 heavy (non-hydrogen) atoms. The van der Waals surface area contributed by atoms with Gasteiger partial charge in [0.25, 0.3) is 0 Å². The highest BCUT2D eigenvalue weighted by Crippen LogP contribution is 2.60. The van der Waals surface area contributed by atoms with Gasteiger partial charge in [0.05, 0.1) is 17.8 Å². The molecule has 5 aliphatic carbocycles. The summed E-state index contributed by atoms with van der Waals surface area (Å²) in [5, 5.41) is 0. The summed E-state index contributed by atoms with van der Waals surface area (Å²) in [5.74, 6) is -0.120. The Morgan fingerprint density at radius 1 is 1.00 bits per heavy atom. The average Bonchev–Trinajstić information content (AvgIpc) is 3.48. The minimum Gasteiger partial charge on any atom is -0.459 e. The van der Waals surface area contributed by atoms with Gasteiger partial charge in [0, 0.05) is 11.8 Å². The van der Waals surface area contributed by atoms with Crippen molar-refractivity contribution >= 4 is 17.9 Å². The predicted molar refractivity (Wildman–Crippen MR) is 105 cm³/mol. The topological polar surface area (TPSA) is 78.9 Å². The molecule has 0 radical (unpaired) electrons. The van der Waals surface area contributed by atoms with E-state index in [0.717, 1.165) is 44.9 Å². The number of hydrogen-bond acceptors (Lipinski definition) is 6. The van der Waals surface area contributed by atoms with Crippen LogP contribution >= 0.6 is 0 Å². The van der Waals surface area contributed by atoms with E-state index in [1.54, 1.807) is 0 Å². The van der Waals surface area contributed by atoms with Gasteiger partial charge in [-0.3, -0.25) is 14.4 Å². The van der Waals surface area contributed by atoms with E-state index in [-0.39, 0.29) is 41.8 Å². The molecule has 6 nitrogen and oxygen atoms in total. The molecule has 0 aromatic rings. The zero-order valence-electron chi connectivity index (χ0n) is 17.9. The van der Waals surface area contributed by atoms with Crippen molar-refractivity contribution in [3.8, 4) is 0 Å². The van der Waals surface area contributed by atoms with Crippen molar-refractivity contribution < 1.29 is 28.6 Å². The molecule has 0 N–H and O–H groups in total. The molecule has 10 atom stereocenters. The molecule has 6 aliphatic rings. The van der Waals surface area contributed by atoms with E-state index in [0.29, 0.717) is 24.2 Å². The average molecular weight is 417 g/mol. The van der Waals surface area contributed by atoms with Gasteiger partial charge in [0.1, 0.15) is 17.8 Å². The summed E-state index contributed by atoms with van der Waals surface area (Å²) in [4.78, 5) is 38.8. The molecule has 1 aliphatic heterocycles. The van der Waals surface area contributed by atoms with E-state index in [1.807, 2.05) is 6.92 Å². The zero-order valence-corrected chi connectivity index (χ0v) is 17.9. The van der Waals surface area contributed by atoms with Crippen LogP contribution in [-0.4, -0.2) is 35.7 Å². The molecular weight excluding hydrogens is 384 g/mol. The first-order chi connectivity index (χ1) is 14.3. The predicted octanol–water partition coefficient (Wildman–Crippen LogP) is 3.26. The molecule has 6 fully saturated rings. The minimum absolute atomic E-state index is 0.0192. The Hall–Kier alpha value is -1.59. The lowest BCUT2D eigenvalue weighted by molar-refractivity contribution is -0.176. The Bertz CT molecular complexity index is 783. The first kappa shape index (κ1) is 19.1. The number of hydrogen-bond donors (Lipinski definition) is 0. The van der Waals surface area contributed by atoms with Crippen LogP contribution in [-0.2, 0) is 28.6 Å². The molecule has 0 spiro atoms. The van der Waals surface area contributed by atoms with Crippen LogP contribution in [0.15, 0.2) is 0 Å². The lowest BCUT2D eigenvalue weighted by Crippen LogP contribution is -2.46. The van der Waals surface area contributed by atoms with Crippen LogP contribution in [0, 0.1) is 47.3 Å². The SMILES string of the molecule is CC1CC2CC1CC2C(=O)OC1C2CC3C1OC(=O)C3C2C(=O)OC1(C)CCCC1. The number of carbonyl (C=O) groups excluding carboxylic acids is 3. The summed E-state index contributed by atoms with van der Waals surface area (Å²) in [6.07, 6.45) is 6.88. The quantitative estimate of drug-likeness (QED) is 0.517. The number of rotatable bonds is 4. The number of esters is 3. The second-order valence-electron chi connectivity index (χ2n) is 11.3. The van der Waals surface area contributed by atoms with Crippen molar-refractivity contribution in [2.24, 2.45) is 47.3 Å². The lowest BCUT2D eigenvalue weighted by Gasteiger charge is -2.34. The minimum atomic E-state index is -0.531. The summed E-state index contributed by atoms with van der Waals surface area (Å²) in [7, 11) is 0. The van der Waals surface area contributed by atoms with Crippen LogP contribution in [0.2, 0.25) is 0 Å². The van der Waals surface area contributed by atoms with Gasteiger partial charge in [-0.2, -0.15) is 0 Å². The monoisotopic (exact) mass is 416 g/mol. The molecular formula is C24H32O6. The van der Waals surface area contributed by atoms with Gasteiger partial charge in [-0.05, 0) is 76.0 Å². The van der Waals surface area contributed by atoms with Crippen molar-refractivity contribution in [3.05, 3.63) is 0 Å². The summed E-state index contributed by atoms with van der Waals surface area (Å²) < 4.78 is 17.6. The molecule has 5 saturated carbocycles. The van der Waals surface area contributed by atoms with Crippen LogP contribution in [0.25, 0.3) is 0 Å². The maximum atomic E-state index is 13.2. The largest absolute Gasteiger partial charge is 0.459 e. The standard InChI is InChI=1S/C24H32O6/c1-11-7-13-8-12(11)9-14(13)21(25)28-19-16-10-15-17(22(26)29-20(15)19)18(16)23(27)30-24(2)5-3-4-6-24/h11-20H,3-10H2,1-2H3. The van der Waals surface area contributed by atoms with E-state index in [9.17, 15) is 14.4 Å². The Morgan fingerprint density at radius 2 is 1.77 bits per heavy atom. The van der Waals surface area contributed by atoms with Crippen LogP contribution in [0.3, 0.4) is 0 Å². The van der Waals surface area contributed by atoms with Crippen molar-refractivity contribution in [1.82, 2.24) is 0 Å². The van der Waals surface area contributed by atoms with Gasteiger partial charge in [-0.15, -0.1) is 0 Å². The van der Waals surface area contributed by atoms with E-state index >= 15 is 0 Å². The van der Waals surface area contributed by atoms with E-state index in [1.165, 1.54) is 0 Å². The van der Waals surface area contributed by atoms with Gasteiger partial charge in [-0.25, -0.2) is 0 Å². The molecule has 1 heterocycles. The number of ether oxygens (including phenoxy) is 3. The highest BCUT2D eigenvalue weighted by atomic mass is 16.6. The van der Waals surface area contributed by atoms with Gasteiger partial charge in [0.2, 0.25) is 0 Å². The highest BCUT2D eigenvalue weighted by Gasteiger charge is 2.70. The number of fused-ring (bicyclic) bond motifs is 3. The first-order valence-electron chi connectivity index (χ1n) is 12.0. The summed E-state index contributed by atoms with van der Waals surface area (Å²) in [6, 6.07) is 0. The molecule has 6 heteroatoms. The van der Waals surface area contributed by atoms with Crippen LogP contribution < -0.4 is 0 Å². The fourth-order valence-electron chi connectivity index (χ4n) is 8.08. The molecule has 6 rings (SSSR count). The Morgan fingerprint density at radius 3 is 2.43 bits per heavy atom. The van der Waals surface area contributed by atoms with E-state index < -0.39 is 23.5 Å². The Labute approximate surface area is 177 Å². The van der Waals surface area contributed by atoms with Crippen molar-refractivity contribution in [3.63, 3.8) is 0 Å². The van der Waals surface area contributed by atoms with Crippen molar-refractivity contribution in [1.29, 1.82) is 0 Å². The molecule has 1 saturated heterocycles. The lowest BCUT2D eigenvalue weighted by atomic mass is 9.78. The van der Waals surface area contributed by atoms with E-state index in [4.69, 9.17) is 14.2 Å². The maximum absolute atomic E-state index is 13.2. The Balaban J connectivity index is 1.19. The van der Waals surface area contributed by atoms with Crippen molar-refractivity contribution in [2.45, 2.75) is 83.0 Å². The first-order valence-corrected chi connectivity index (χ1v) is 12.0. The number of carbonyl (C=O) groups is 3. The normalized spacial score (nSPS) is 49.5. The second-order valence-corrected chi connectivity index (χ2v) is 11.3. The fourth-order valence-corrected chi connectivity index (χ4v) is 8.08. The van der Waals surface area contributed by atoms with Gasteiger partial charge in [-0.1, -0.05) is 6.92 Å². The second kappa shape index (κ2) is 6.46. The Kier molecular flexibility index (Phi) is 4.12. The third-order valence-electron chi connectivity index (χ3n) is 9.59. The molecule has 4 bridgehead atoms. The molecule has 0 aromatic carbocycles. The fraction of sp³-hybridized carbons (Fsp3) is 0.875. The third kappa shape index (κ3) is 2.64.